The van der Waals surface area contributed by atoms with E-state index in [4.69, 9.17) is 23.4 Å². The van der Waals surface area contributed by atoms with Gasteiger partial charge in [-0.25, -0.2) is 4.84 Å². The Bertz CT molecular complexity index is 675. The highest BCUT2D eigenvalue weighted by Crippen LogP contribution is 2.35. The molecule has 0 aliphatic carbocycles. The fourth-order valence-corrected chi connectivity index (χ4v) is 3.80. The molecule has 0 aliphatic heterocycles. The van der Waals surface area contributed by atoms with Crippen molar-refractivity contribution >= 4 is 44.8 Å². The summed E-state index contributed by atoms with van der Waals surface area (Å²) < 4.78 is 1.25. The summed E-state index contributed by atoms with van der Waals surface area (Å²) in [5.41, 5.74) is 0.991. The number of benzene rings is 2. The fourth-order valence-electron chi connectivity index (χ4n) is 2.12. The molecule has 0 spiro atoms. The highest BCUT2D eigenvalue weighted by Gasteiger charge is 2.18. The lowest BCUT2D eigenvalue weighted by Gasteiger charge is -2.14. The fraction of sp³-hybridized carbons (Fsp3) is 0.0667. The van der Waals surface area contributed by atoms with Crippen LogP contribution >= 0.6 is 34.7 Å². The Kier molecular flexibility index (Phi) is 3.76. The van der Waals surface area contributed by atoms with Crippen LogP contribution in [-0.4, -0.2) is 0 Å². The quantitative estimate of drug-likeness (QED) is 0.640. The molecule has 3 aromatic rings. The van der Waals surface area contributed by atoms with Gasteiger partial charge < -0.3 is 0 Å². The normalized spacial score (nSPS) is 12.7. The molecule has 0 bridgehead atoms. The summed E-state index contributed by atoms with van der Waals surface area (Å²) in [6, 6.07) is 18.1. The third kappa shape index (κ3) is 2.49. The zero-order chi connectivity index (χ0) is 13.2. The van der Waals surface area contributed by atoms with Crippen molar-refractivity contribution in [3.8, 4) is 0 Å². The van der Waals surface area contributed by atoms with Gasteiger partial charge in [0.05, 0.1) is 6.04 Å². The number of nitrogens with one attached hydrogen (secondary N) is 1. The SMILES string of the molecule is ClN[C@@H](c1cc2ccccc2s1)c1ccccc1Cl. The molecule has 3 rings (SSSR count). The molecule has 4 heteroatoms. The summed E-state index contributed by atoms with van der Waals surface area (Å²) in [6.45, 7) is 0. The van der Waals surface area contributed by atoms with E-state index in [1.807, 2.05) is 36.4 Å². The van der Waals surface area contributed by atoms with Crippen LogP contribution in [-0.2, 0) is 0 Å². The largest absolute Gasteiger partial charge is 0.221 e. The van der Waals surface area contributed by atoms with Gasteiger partial charge >= 0.3 is 0 Å². The zero-order valence-corrected chi connectivity index (χ0v) is 12.3. The summed E-state index contributed by atoms with van der Waals surface area (Å²) >= 11 is 13.9. The van der Waals surface area contributed by atoms with E-state index in [-0.39, 0.29) is 6.04 Å². The Labute approximate surface area is 125 Å². The highest BCUT2D eigenvalue weighted by molar-refractivity contribution is 7.19. The van der Waals surface area contributed by atoms with E-state index >= 15 is 0 Å². The van der Waals surface area contributed by atoms with E-state index in [1.165, 1.54) is 10.1 Å². The average molecular weight is 308 g/mol. The van der Waals surface area contributed by atoms with Gasteiger partial charge in [0.1, 0.15) is 0 Å². The van der Waals surface area contributed by atoms with E-state index in [2.05, 4.69) is 23.0 Å². The van der Waals surface area contributed by atoms with Crippen LogP contribution in [0, 0.1) is 0 Å². The smallest absolute Gasteiger partial charge is 0.0827 e. The molecule has 1 N–H and O–H groups in total. The van der Waals surface area contributed by atoms with Crippen LogP contribution in [0.1, 0.15) is 16.5 Å². The van der Waals surface area contributed by atoms with Crippen molar-refractivity contribution in [2.75, 3.05) is 0 Å². The predicted molar refractivity (Wildman–Crippen MR) is 84.1 cm³/mol. The number of hydrogen-bond acceptors (Lipinski definition) is 2. The Morgan fingerprint density at radius 1 is 1.00 bits per heavy atom. The van der Waals surface area contributed by atoms with Crippen molar-refractivity contribution in [1.82, 2.24) is 4.84 Å². The van der Waals surface area contributed by atoms with Crippen LogP contribution < -0.4 is 4.84 Å². The van der Waals surface area contributed by atoms with Crippen LogP contribution in [0.4, 0.5) is 0 Å². The first-order valence-corrected chi connectivity index (χ1v) is 7.46. The summed E-state index contributed by atoms with van der Waals surface area (Å²) in [5, 5.41) is 1.95. The van der Waals surface area contributed by atoms with Gasteiger partial charge in [-0.2, -0.15) is 0 Å². The Hall–Kier alpha value is -1.06. The lowest BCUT2D eigenvalue weighted by Crippen LogP contribution is -2.11. The molecular weight excluding hydrogens is 297 g/mol. The number of thiophene rings is 1. The van der Waals surface area contributed by atoms with Gasteiger partial charge in [-0.3, -0.25) is 0 Å². The topological polar surface area (TPSA) is 12.0 Å². The Morgan fingerprint density at radius 2 is 1.74 bits per heavy atom. The maximum absolute atomic E-state index is 6.25. The van der Waals surface area contributed by atoms with Gasteiger partial charge in [-0.15, -0.1) is 11.3 Å². The molecule has 0 fully saturated rings. The second kappa shape index (κ2) is 5.51. The van der Waals surface area contributed by atoms with Crippen molar-refractivity contribution in [2.24, 2.45) is 0 Å². The molecule has 0 saturated heterocycles. The molecular formula is C15H11Cl2NS. The first-order chi connectivity index (χ1) is 9.29. The first-order valence-electron chi connectivity index (χ1n) is 5.88. The maximum Gasteiger partial charge on any atom is 0.0827 e. The summed E-state index contributed by atoms with van der Waals surface area (Å²) in [6.07, 6.45) is 0. The van der Waals surface area contributed by atoms with Crippen LogP contribution in [0.5, 0.6) is 0 Å². The molecule has 0 aliphatic rings. The number of fused-ring (bicyclic) bond motifs is 1. The minimum absolute atomic E-state index is 0.0900. The van der Waals surface area contributed by atoms with Crippen molar-refractivity contribution < 1.29 is 0 Å². The van der Waals surface area contributed by atoms with Crippen LogP contribution in [0.25, 0.3) is 10.1 Å². The number of hydrogen-bond donors (Lipinski definition) is 1. The summed E-state index contributed by atoms with van der Waals surface area (Å²) in [7, 11) is 0. The molecule has 1 heterocycles. The minimum Gasteiger partial charge on any atom is -0.221 e. The summed E-state index contributed by atoms with van der Waals surface area (Å²) in [4.78, 5) is 3.99. The molecule has 0 radical (unpaired) electrons. The molecule has 0 amide bonds. The van der Waals surface area contributed by atoms with Crippen molar-refractivity contribution in [2.45, 2.75) is 6.04 Å². The number of rotatable bonds is 3. The third-order valence-electron chi connectivity index (χ3n) is 3.05. The van der Waals surface area contributed by atoms with Crippen molar-refractivity contribution in [1.29, 1.82) is 0 Å². The molecule has 96 valence electrons. The second-order valence-electron chi connectivity index (χ2n) is 4.25. The Morgan fingerprint density at radius 3 is 2.47 bits per heavy atom. The minimum atomic E-state index is -0.0900. The van der Waals surface area contributed by atoms with Gasteiger partial charge in [0.25, 0.3) is 0 Å². The van der Waals surface area contributed by atoms with Gasteiger partial charge in [0, 0.05) is 14.6 Å². The molecule has 0 unspecified atom stereocenters. The first kappa shape index (κ1) is 12.9. The van der Waals surface area contributed by atoms with E-state index in [9.17, 15) is 0 Å². The number of halogens is 2. The lowest BCUT2D eigenvalue weighted by molar-refractivity contribution is 0.812. The van der Waals surface area contributed by atoms with Gasteiger partial charge in [0.15, 0.2) is 0 Å². The molecule has 19 heavy (non-hydrogen) atoms. The summed E-state index contributed by atoms with van der Waals surface area (Å²) in [5.74, 6) is 0. The maximum atomic E-state index is 6.25. The van der Waals surface area contributed by atoms with Gasteiger partial charge in [0.2, 0.25) is 0 Å². The van der Waals surface area contributed by atoms with Gasteiger partial charge in [-0.1, -0.05) is 48.0 Å². The Balaban J connectivity index is 2.09. The van der Waals surface area contributed by atoms with Crippen molar-refractivity contribution in [3.63, 3.8) is 0 Å². The van der Waals surface area contributed by atoms with E-state index in [0.29, 0.717) is 0 Å². The van der Waals surface area contributed by atoms with Crippen LogP contribution in [0.2, 0.25) is 5.02 Å². The zero-order valence-electron chi connectivity index (χ0n) is 9.94. The monoisotopic (exact) mass is 307 g/mol. The standard InChI is InChI=1S/C15H11Cl2NS/c16-12-7-3-2-6-11(12)15(18-17)14-9-10-5-1-4-8-13(10)19-14/h1-9,15,18H/t15-/m1/s1. The van der Waals surface area contributed by atoms with Gasteiger partial charge in [-0.05, 0) is 40.9 Å². The second-order valence-corrected chi connectivity index (χ2v) is 5.99. The average Bonchev–Trinajstić information content (AvgIpc) is 2.85. The van der Waals surface area contributed by atoms with Crippen LogP contribution in [0.3, 0.4) is 0 Å². The third-order valence-corrected chi connectivity index (χ3v) is 4.80. The van der Waals surface area contributed by atoms with Crippen LogP contribution in [0.15, 0.2) is 54.6 Å². The van der Waals surface area contributed by atoms with Crippen molar-refractivity contribution in [3.05, 3.63) is 70.1 Å². The lowest BCUT2D eigenvalue weighted by atomic mass is 10.1. The van der Waals surface area contributed by atoms with E-state index in [0.717, 1.165) is 15.5 Å². The van der Waals surface area contributed by atoms with E-state index in [1.54, 1.807) is 11.3 Å². The highest BCUT2D eigenvalue weighted by atomic mass is 35.5. The molecule has 1 nitrogen and oxygen atoms in total. The van der Waals surface area contributed by atoms with E-state index < -0.39 is 0 Å². The molecule has 0 saturated carbocycles. The predicted octanol–water partition coefficient (Wildman–Crippen LogP) is 5.39. The molecule has 2 aromatic carbocycles. The molecule has 1 atom stereocenters. The molecule has 1 aromatic heterocycles.